The molecule has 0 aliphatic heterocycles. The molecule has 0 aliphatic rings. The van der Waals surface area contributed by atoms with Crippen molar-refractivity contribution < 1.29 is 28.6 Å². The fourth-order valence-corrected chi connectivity index (χ4v) is 8.98. The zero-order valence-corrected chi connectivity index (χ0v) is 53.7. The van der Waals surface area contributed by atoms with Crippen LogP contribution in [0.1, 0.15) is 290 Å². The molecule has 6 nitrogen and oxygen atoms in total. The van der Waals surface area contributed by atoms with E-state index in [1.165, 1.54) is 103 Å². The quantitative estimate of drug-likeness (QED) is 0.0261. The summed E-state index contributed by atoms with van der Waals surface area (Å²) >= 11 is 0. The number of carbonyl (C=O) groups is 3. The van der Waals surface area contributed by atoms with Gasteiger partial charge in [0.05, 0.1) is 0 Å². The van der Waals surface area contributed by atoms with Gasteiger partial charge in [-0.3, -0.25) is 14.4 Å². The van der Waals surface area contributed by atoms with E-state index in [0.717, 1.165) is 141 Å². The average molecular weight is 1150 g/mol. The molecule has 1 unspecified atom stereocenters. The molecule has 0 saturated carbocycles. The number of ether oxygens (including phenoxy) is 3. The molecule has 0 N–H and O–H groups in total. The van der Waals surface area contributed by atoms with E-state index < -0.39 is 6.10 Å². The Bertz CT molecular complexity index is 1840. The van der Waals surface area contributed by atoms with Crippen LogP contribution in [0.3, 0.4) is 0 Å². The monoisotopic (exact) mass is 1140 g/mol. The predicted octanol–water partition coefficient (Wildman–Crippen LogP) is 23.7. The summed E-state index contributed by atoms with van der Waals surface area (Å²) in [5, 5.41) is 0. The Balaban J connectivity index is 4.32. The fourth-order valence-electron chi connectivity index (χ4n) is 8.98. The first-order valence-corrected chi connectivity index (χ1v) is 34.0. The molecule has 0 fully saturated rings. The van der Waals surface area contributed by atoms with Gasteiger partial charge in [-0.1, -0.05) is 288 Å². The third kappa shape index (κ3) is 67.7. The summed E-state index contributed by atoms with van der Waals surface area (Å²) in [5.74, 6) is -0.982. The smallest absolute Gasteiger partial charge is 0.306 e. The molecule has 0 heterocycles. The number of hydrogen-bond donors (Lipinski definition) is 0. The maximum atomic E-state index is 12.9. The van der Waals surface area contributed by atoms with Crippen molar-refractivity contribution in [1.82, 2.24) is 0 Å². The molecule has 0 saturated heterocycles. The standard InChI is InChI=1S/C77H124O6/c1-4-7-10-13-16-19-22-25-28-30-31-32-33-34-35-36-37-38-39-40-41-42-43-44-45-47-49-52-55-58-61-64-67-70-76(79)82-73-74(72-81-75(78)69-66-63-60-57-54-51-48-27-24-21-18-15-12-9-6-3)83-77(80)71-68-65-62-59-56-53-50-46-29-26-23-20-17-14-11-8-5-2/h7-8,10-11,16-21,25-29,31-32,34-35,37-38,48,50,53,59,62,74H,4-6,9,12-15,22-24,30,33,36,39-47,49,51-52,54-58,60-61,63-73H2,1-3H3/b10-7-,11-8-,19-16-,20-17-,21-18-,28-25-,29-26-,32-31-,35-34-,38-37-,48-27-,53-50-,62-59-. The van der Waals surface area contributed by atoms with E-state index in [-0.39, 0.29) is 37.5 Å². The summed E-state index contributed by atoms with van der Waals surface area (Å²) in [7, 11) is 0. The summed E-state index contributed by atoms with van der Waals surface area (Å²) in [6.07, 6.45) is 101. The molecule has 0 aromatic carbocycles. The van der Waals surface area contributed by atoms with E-state index in [1.807, 2.05) is 0 Å². The molecular formula is C77H124O6. The van der Waals surface area contributed by atoms with Gasteiger partial charge >= 0.3 is 17.9 Å². The van der Waals surface area contributed by atoms with Crippen LogP contribution >= 0.6 is 0 Å². The van der Waals surface area contributed by atoms with E-state index in [9.17, 15) is 14.4 Å². The molecule has 0 rings (SSSR count). The minimum atomic E-state index is -0.821. The Hall–Kier alpha value is -4.97. The molecule has 0 aromatic heterocycles. The highest BCUT2D eigenvalue weighted by atomic mass is 16.6. The number of esters is 3. The van der Waals surface area contributed by atoms with Gasteiger partial charge in [-0.15, -0.1) is 0 Å². The summed E-state index contributed by atoms with van der Waals surface area (Å²) in [6, 6.07) is 0. The van der Waals surface area contributed by atoms with Gasteiger partial charge in [0, 0.05) is 19.3 Å². The van der Waals surface area contributed by atoms with Crippen LogP contribution in [-0.2, 0) is 28.6 Å². The number of unbranched alkanes of at least 4 members (excludes halogenated alkanes) is 23. The van der Waals surface area contributed by atoms with E-state index in [4.69, 9.17) is 14.2 Å². The summed E-state index contributed by atoms with van der Waals surface area (Å²) < 4.78 is 16.9. The second-order valence-corrected chi connectivity index (χ2v) is 22.0. The molecule has 468 valence electrons. The highest BCUT2D eigenvalue weighted by Gasteiger charge is 2.19. The van der Waals surface area contributed by atoms with Crippen LogP contribution in [0.25, 0.3) is 0 Å². The van der Waals surface area contributed by atoms with Gasteiger partial charge in [0.25, 0.3) is 0 Å². The molecule has 0 amide bonds. The Morgan fingerprint density at radius 1 is 0.253 bits per heavy atom. The van der Waals surface area contributed by atoms with Crippen molar-refractivity contribution in [2.24, 2.45) is 0 Å². The normalized spacial score (nSPS) is 13.1. The molecule has 0 aromatic rings. The minimum Gasteiger partial charge on any atom is -0.462 e. The van der Waals surface area contributed by atoms with Crippen molar-refractivity contribution in [2.75, 3.05) is 13.2 Å². The van der Waals surface area contributed by atoms with E-state index >= 15 is 0 Å². The van der Waals surface area contributed by atoms with Crippen LogP contribution < -0.4 is 0 Å². The Morgan fingerprint density at radius 3 is 0.771 bits per heavy atom. The predicted molar refractivity (Wildman–Crippen MR) is 362 cm³/mol. The molecule has 0 aliphatic carbocycles. The number of allylic oxidation sites excluding steroid dienone is 26. The van der Waals surface area contributed by atoms with Gasteiger partial charge in [-0.05, 0) is 141 Å². The first kappa shape index (κ1) is 78.0. The largest absolute Gasteiger partial charge is 0.462 e. The summed E-state index contributed by atoms with van der Waals surface area (Å²) in [4.78, 5) is 38.3. The van der Waals surface area contributed by atoms with E-state index in [1.54, 1.807) is 0 Å². The van der Waals surface area contributed by atoms with Crippen LogP contribution in [-0.4, -0.2) is 37.2 Å². The van der Waals surface area contributed by atoms with Crippen molar-refractivity contribution in [3.63, 3.8) is 0 Å². The third-order valence-corrected chi connectivity index (χ3v) is 14.0. The first-order valence-electron chi connectivity index (χ1n) is 34.0. The van der Waals surface area contributed by atoms with Crippen molar-refractivity contribution in [1.29, 1.82) is 0 Å². The van der Waals surface area contributed by atoms with Gasteiger partial charge in [0.15, 0.2) is 6.10 Å². The Morgan fingerprint density at radius 2 is 0.482 bits per heavy atom. The second kappa shape index (κ2) is 69.5. The highest BCUT2D eigenvalue weighted by molar-refractivity contribution is 5.71. The SMILES string of the molecule is CC/C=C\C/C=C\C/C=C\C/C=C\C/C=C\C/C=C\CCCCCCCCCCCCCCCCC(=O)OCC(COC(=O)CCCCCCC/C=C\C/C=C\CCCCC)OC(=O)CCC/C=C\C/C=C\C/C=C\C/C=C\C/C=C\CC. The van der Waals surface area contributed by atoms with Gasteiger partial charge in [-0.2, -0.15) is 0 Å². The lowest BCUT2D eigenvalue weighted by molar-refractivity contribution is -0.167. The third-order valence-electron chi connectivity index (χ3n) is 14.0. The van der Waals surface area contributed by atoms with Crippen molar-refractivity contribution in [3.8, 4) is 0 Å². The number of rotatable bonds is 60. The average Bonchev–Trinajstić information content (AvgIpc) is 3.49. The molecular weight excluding hydrogens is 1020 g/mol. The molecule has 83 heavy (non-hydrogen) atoms. The lowest BCUT2D eigenvalue weighted by Crippen LogP contribution is -2.30. The lowest BCUT2D eigenvalue weighted by Gasteiger charge is -2.18. The summed E-state index contributed by atoms with van der Waals surface area (Å²) in [6.45, 7) is 6.33. The topological polar surface area (TPSA) is 78.9 Å². The zero-order valence-electron chi connectivity index (χ0n) is 53.7. The Labute approximate surface area is 511 Å². The number of hydrogen-bond acceptors (Lipinski definition) is 6. The highest BCUT2D eigenvalue weighted by Crippen LogP contribution is 2.16. The molecule has 0 radical (unpaired) electrons. The Kier molecular flexibility index (Phi) is 65.4. The van der Waals surface area contributed by atoms with Crippen molar-refractivity contribution in [2.45, 2.75) is 297 Å². The molecule has 0 spiro atoms. The number of carbonyl (C=O) groups excluding carboxylic acids is 3. The van der Waals surface area contributed by atoms with Crippen LogP contribution in [0.5, 0.6) is 0 Å². The van der Waals surface area contributed by atoms with Crippen LogP contribution in [0.4, 0.5) is 0 Å². The van der Waals surface area contributed by atoms with Gasteiger partial charge in [-0.25, -0.2) is 0 Å². The lowest BCUT2D eigenvalue weighted by atomic mass is 10.0. The zero-order chi connectivity index (χ0) is 59.9. The summed E-state index contributed by atoms with van der Waals surface area (Å²) in [5.41, 5.74) is 0. The van der Waals surface area contributed by atoms with Gasteiger partial charge < -0.3 is 14.2 Å². The van der Waals surface area contributed by atoms with E-state index in [2.05, 4.69) is 179 Å². The van der Waals surface area contributed by atoms with Gasteiger partial charge in [0.2, 0.25) is 0 Å². The fraction of sp³-hybridized carbons (Fsp3) is 0.623. The van der Waals surface area contributed by atoms with Crippen LogP contribution in [0.15, 0.2) is 158 Å². The maximum absolute atomic E-state index is 12.9. The second-order valence-electron chi connectivity index (χ2n) is 22.0. The molecule has 1 atom stereocenters. The maximum Gasteiger partial charge on any atom is 0.306 e. The van der Waals surface area contributed by atoms with Gasteiger partial charge in [0.1, 0.15) is 13.2 Å². The molecule has 0 bridgehead atoms. The minimum absolute atomic E-state index is 0.110. The first-order chi connectivity index (χ1) is 41.0. The van der Waals surface area contributed by atoms with Crippen LogP contribution in [0, 0.1) is 0 Å². The molecule has 6 heteroatoms. The van der Waals surface area contributed by atoms with E-state index in [0.29, 0.717) is 19.3 Å². The van der Waals surface area contributed by atoms with Crippen molar-refractivity contribution >= 4 is 17.9 Å². The van der Waals surface area contributed by atoms with Crippen LogP contribution in [0.2, 0.25) is 0 Å². The van der Waals surface area contributed by atoms with Crippen molar-refractivity contribution in [3.05, 3.63) is 158 Å².